The van der Waals surface area contributed by atoms with E-state index in [4.69, 9.17) is 9.84 Å². The standard InChI is InChI=1S/C22H36O4/c1-3-5-7-9-13-16-20(26-22(25)19-12-6-4-2)17-14-10-8-11-15-18-21(23)24/h5,7,13-14,16-17,20H,3-4,6,8-12,15,18-19H2,1-2H3,(H,23,24)/b7-5-,16-13-,17-14-. The summed E-state index contributed by atoms with van der Waals surface area (Å²) >= 11 is 0. The molecule has 4 nitrogen and oxygen atoms in total. The fraction of sp³-hybridized carbons (Fsp3) is 0.636. The third-order valence-electron chi connectivity index (χ3n) is 3.84. The van der Waals surface area contributed by atoms with Crippen molar-refractivity contribution in [2.45, 2.75) is 90.6 Å². The number of carboxylic acids is 1. The van der Waals surface area contributed by atoms with Gasteiger partial charge in [0.1, 0.15) is 6.10 Å². The molecule has 26 heavy (non-hydrogen) atoms. The van der Waals surface area contributed by atoms with Gasteiger partial charge in [-0.3, -0.25) is 9.59 Å². The van der Waals surface area contributed by atoms with Crippen molar-refractivity contribution in [3.05, 3.63) is 36.5 Å². The van der Waals surface area contributed by atoms with Gasteiger partial charge in [0, 0.05) is 12.8 Å². The van der Waals surface area contributed by atoms with Crippen molar-refractivity contribution in [2.24, 2.45) is 0 Å². The molecular formula is C22H36O4. The van der Waals surface area contributed by atoms with Crippen LogP contribution in [0.25, 0.3) is 0 Å². The largest absolute Gasteiger partial charge is 0.481 e. The van der Waals surface area contributed by atoms with Gasteiger partial charge in [-0.1, -0.05) is 57.4 Å². The van der Waals surface area contributed by atoms with Crippen LogP contribution in [0.5, 0.6) is 0 Å². The number of hydrogen-bond donors (Lipinski definition) is 1. The van der Waals surface area contributed by atoms with E-state index < -0.39 is 5.97 Å². The summed E-state index contributed by atoms with van der Waals surface area (Å²) < 4.78 is 5.55. The first-order chi connectivity index (χ1) is 12.6. The Morgan fingerprint density at radius 2 is 1.62 bits per heavy atom. The van der Waals surface area contributed by atoms with Crippen LogP contribution < -0.4 is 0 Å². The van der Waals surface area contributed by atoms with Crippen LogP contribution in [0.2, 0.25) is 0 Å². The Bertz CT molecular complexity index is 449. The normalized spacial score (nSPS) is 13.0. The van der Waals surface area contributed by atoms with Crippen LogP contribution in [-0.4, -0.2) is 23.1 Å². The molecule has 0 aliphatic rings. The lowest BCUT2D eigenvalue weighted by molar-refractivity contribution is -0.145. The van der Waals surface area contributed by atoms with Crippen LogP contribution in [0, 0.1) is 0 Å². The van der Waals surface area contributed by atoms with Crippen LogP contribution in [0.3, 0.4) is 0 Å². The molecule has 0 aliphatic heterocycles. The maximum absolute atomic E-state index is 11.9. The molecular weight excluding hydrogens is 328 g/mol. The number of aliphatic carboxylic acids is 1. The second-order valence-electron chi connectivity index (χ2n) is 6.38. The van der Waals surface area contributed by atoms with E-state index in [9.17, 15) is 9.59 Å². The minimum atomic E-state index is -0.738. The molecule has 0 heterocycles. The van der Waals surface area contributed by atoms with Crippen LogP contribution in [0.4, 0.5) is 0 Å². The average Bonchev–Trinajstić information content (AvgIpc) is 2.60. The van der Waals surface area contributed by atoms with E-state index in [0.717, 1.165) is 51.4 Å². The molecule has 0 aromatic carbocycles. The van der Waals surface area contributed by atoms with Gasteiger partial charge in [-0.05, 0) is 50.7 Å². The summed E-state index contributed by atoms with van der Waals surface area (Å²) in [7, 11) is 0. The van der Waals surface area contributed by atoms with Crippen molar-refractivity contribution < 1.29 is 19.4 Å². The second-order valence-corrected chi connectivity index (χ2v) is 6.38. The van der Waals surface area contributed by atoms with Crippen molar-refractivity contribution in [1.82, 2.24) is 0 Å². The average molecular weight is 365 g/mol. The Kier molecular flexibility index (Phi) is 16.7. The smallest absolute Gasteiger partial charge is 0.306 e. The van der Waals surface area contributed by atoms with E-state index in [1.807, 2.05) is 24.3 Å². The quantitative estimate of drug-likeness (QED) is 0.208. The van der Waals surface area contributed by atoms with Crippen LogP contribution in [0.15, 0.2) is 36.5 Å². The summed E-state index contributed by atoms with van der Waals surface area (Å²) in [6, 6.07) is 0. The summed E-state index contributed by atoms with van der Waals surface area (Å²) in [6.07, 6.45) is 20.8. The Hall–Kier alpha value is -1.84. The number of ether oxygens (including phenoxy) is 1. The first-order valence-corrected chi connectivity index (χ1v) is 9.99. The lowest BCUT2D eigenvalue weighted by Gasteiger charge is -2.10. The highest BCUT2D eigenvalue weighted by Gasteiger charge is 2.08. The molecule has 0 spiro atoms. The molecule has 0 rings (SSSR count). The second kappa shape index (κ2) is 18.0. The first kappa shape index (κ1) is 24.2. The number of hydrogen-bond acceptors (Lipinski definition) is 3. The van der Waals surface area contributed by atoms with Crippen molar-refractivity contribution in [3.8, 4) is 0 Å². The Morgan fingerprint density at radius 1 is 0.885 bits per heavy atom. The van der Waals surface area contributed by atoms with Crippen LogP contribution in [-0.2, 0) is 14.3 Å². The van der Waals surface area contributed by atoms with E-state index in [0.29, 0.717) is 12.8 Å². The number of esters is 1. The maximum Gasteiger partial charge on any atom is 0.306 e. The van der Waals surface area contributed by atoms with Crippen molar-refractivity contribution in [3.63, 3.8) is 0 Å². The summed E-state index contributed by atoms with van der Waals surface area (Å²) in [6.45, 7) is 4.21. The van der Waals surface area contributed by atoms with E-state index in [-0.39, 0.29) is 18.5 Å². The van der Waals surface area contributed by atoms with E-state index in [2.05, 4.69) is 26.0 Å². The molecule has 0 radical (unpaired) electrons. The molecule has 0 saturated heterocycles. The minimum Gasteiger partial charge on any atom is -0.481 e. The van der Waals surface area contributed by atoms with Gasteiger partial charge in [0.25, 0.3) is 0 Å². The molecule has 0 aromatic heterocycles. The Labute approximate surface area is 159 Å². The summed E-state index contributed by atoms with van der Waals surface area (Å²) in [5.74, 6) is -0.888. The van der Waals surface area contributed by atoms with Gasteiger partial charge in [0.15, 0.2) is 0 Å². The van der Waals surface area contributed by atoms with Crippen molar-refractivity contribution in [1.29, 1.82) is 0 Å². The first-order valence-electron chi connectivity index (χ1n) is 9.99. The van der Waals surface area contributed by atoms with Gasteiger partial charge in [-0.25, -0.2) is 0 Å². The molecule has 1 unspecified atom stereocenters. The van der Waals surface area contributed by atoms with E-state index in [1.165, 1.54) is 0 Å². The predicted octanol–water partition coefficient (Wildman–Crippen LogP) is 5.98. The monoisotopic (exact) mass is 364 g/mol. The zero-order valence-corrected chi connectivity index (χ0v) is 16.5. The molecule has 0 fully saturated rings. The van der Waals surface area contributed by atoms with Gasteiger partial charge < -0.3 is 9.84 Å². The maximum atomic E-state index is 11.9. The zero-order chi connectivity index (χ0) is 19.5. The van der Waals surface area contributed by atoms with E-state index >= 15 is 0 Å². The van der Waals surface area contributed by atoms with Gasteiger partial charge in [0.2, 0.25) is 0 Å². The third-order valence-corrected chi connectivity index (χ3v) is 3.84. The number of carbonyl (C=O) groups excluding carboxylic acids is 1. The molecule has 1 N–H and O–H groups in total. The van der Waals surface area contributed by atoms with Gasteiger partial charge in [-0.15, -0.1) is 0 Å². The lowest BCUT2D eigenvalue weighted by Crippen LogP contribution is -2.13. The van der Waals surface area contributed by atoms with Gasteiger partial charge in [-0.2, -0.15) is 0 Å². The van der Waals surface area contributed by atoms with Crippen LogP contribution in [0.1, 0.15) is 84.5 Å². The molecule has 1 atom stereocenters. The summed E-state index contributed by atoms with van der Waals surface area (Å²) in [4.78, 5) is 22.4. The van der Waals surface area contributed by atoms with Crippen molar-refractivity contribution in [2.75, 3.05) is 0 Å². The number of carboxylic acid groups (broad SMARTS) is 1. The van der Waals surface area contributed by atoms with Crippen LogP contribution >= 0.6 is 0 Å². The Morgan fingerprint density at radius 3 is 2.31 bits per heavy atom. The third kappa shape index (κ3) is 17.0. The summed E-state index contributed by atoms with van der Waals surface area (Å²) in [5, 5.41) is 8.61. The topological polar surface area (TPSA) is 63.6 Å². The van der Waals surface area contributed by atoms with Gasteiger partial charge in [0.05, 0.1) is 0 Å². The molecule has 0 bridgehead atoms. The zero-order valence-electron chi connectivity index (χ0n) is 16.5. The number of rotatable bonds is 16. The number of allylic oxidation sites excluding steroid dienone is 4. The Balaban J connectivity index is 4.32. The fourth-order valence-electron chi connectivity index (χ4n) is 2.37. The highest BCUT2D eigenvalue weighted by Crippen LogP contribution is 2.08. The van der Waals surface area contributed by atoms with Gasteiger partial charge >= 0.3 is 11.9 Å². The van der Waals surface area contributed by atoms with E-state index in [1.54, 1.807) is 0 Å². The fourth-order valence-corrected chi connectivity index (χ4v) is 2.37. The molecule has 148 valence electrons. The molecule has 4 heteroatoms. The number of unbranched alkanes of at least 4 members (excludes halogenated alkanes) is 5. The SMILES string of the molecule is CC/C=C\C/C=C\C(/C=C\CCCCCC(=O)O)OC(=O)CCCCC. The number of carbonyl (C=O) groups is 2. The minimum absolute atomic E-state index is 0.150. The lowest BCUT2D eigenvalue weighted by atomic mass is 10.1. The highest BCUT2D eigenvalue weighted by molar-refractivity contribution is 5.69. The highest BCUT2D eigenvalue weighted by atomic mass is 16.5. The predicted molar refractivity (Wildman–Crippen MR) is 107 cm³/mol. The van der Waals surface area contributed by atoms with Crippen molar-refractivity contribution >= 4 is 11.9 Å². The molecule has 0 aromatic rings. The molecule has 0 saturated carbocycles. The molecule has 0 amide bonds. The summed E-state index contributed by atoms with van der Waals surface area (Å²) in [5.41, 5.74) is 0. The molecule has 0 aliphatic carbocycles.